The number of halogens is 4. The van der Waals surface area contributed by atoms with Crippen molar-refractivity contribution in [1.29, 1.82) is 0 Å². The number of aromatic amines is 1. The van der Waals surface area contributed by atoms with Gasteiger partial charge >= 0.3 is 6.18 Å². The second-order valence-corrected chi connectivity index (χ2v) is 10.1. The third-order valence-corrected chi connectivity index (χ3v) is 7.00. The highest BCUT2D eigenvalue weighted by Crippen LogP contribution is 2.34. The van der Waals surface area contributed by atoms with Gasteiger partial charge in [0.05, 0.1) is 11.1 Å². The van der Waals surface area contributed by atoms with E-state index in [-0.39, 0.29) is 28.3 Å². The minimum atomic E-state index is -4.57. The number of nitrogen functional groups attached to an aromatic ring is 1. The molecule has 10 nitrogen and oxygen atoms in total. The number of benzene rings is 2. The van der Waals surface area contributed by atoms with Crippen LogP contribution in [0.4, 0.5) is 35.0 Å². The molecule has 0 atom stereocenters. The highest BCUT2D eigenvalue weighted by Gasteiger charge is 2.29. The van der Waals surface area contributed by atoms with Gasteiger partial charge in [-0.3, -0.25) is 4.79 Å². The number of alkyl halides is 3. The van der Waals surface area contributed by atoms with Crippen molar-refractivity contribution in [2.75, 3.05) is 17.6 Å². The highest BCUT2D eigenvalue weighted by molar-refractivity contribution is 7.99. The lowest BCUT2D eigenvalue weighted by atomic mass is 10.0. The lowest BCUT2D eigenvalue weighted by molar-refractivity contribution is -0.123. The summed E-state index contributed by atoms with van der Waals surface area (Å²) in [4.78, 5) is 29.6. The molecule has 0 saturated carbocycles. The van der Waals surface area contributed by atoms with Crippen molar-refractivity contribution in [2.45, 2.75) is 16.1 Å². The van der Waals surface area contributed by atoms with E-state index in [4.69, 9.17) is 5.73 Å². The maximum absolute atomic E-state index is 13.5. The number of nitrogens with one attached hydrogen (secondary N) is 3. The molecule has 0 radical (unpaired) electrons. The molecule has 0 bridgehead atoms. The number of amides is 1. The second-order valence-electron chi connectivity index (χ2n) is 9.02. The normalized spacial score (nSPS) is 11.7. The Labute approximate surface area is 238 Å². The zero-order chi connectivity index (χ0) is 29.4. The van der Waals surface area contributed by atoms with Gasteiger partial charge in [-0.05, 0) is 48.0 Å². The van der Waals surface area contributed by atoms with Crippen molar-refractivity contribution in [3.05, 3.63) is 84.6 Å². The molecule has 0 aliphatic heterocycles. The van der Waals surface area contributed by atoms with Crippen molar-refractivity contribution in [3.8, 4) is 11.1 Å². The van der Waals surface area contributed by atoms with E-state index >= 15 is 0 Å². The lowest BCUT2D eigenvalue weighted by Gasteiger charge is -2.10. The molecular weight excluding hydrogens is 574 g/mol. The summed E-state index contributed by atoms with van der Waals surface area (Å²) >= 11 is 1.31. The van der Waals surface area contributed by atoms with E-state index in [9.17, 15) is 22.4 Å². The molecule has 2 aromatic carbocycles. The first-order chi connectivity index (χ1) is 20.1. The number of aromatic nitrogens is 6. The Morgan fingerprint density at radius 2 is 1.88 bits per heavy atom. The Hall–Kier alpha value is -5.18. The first-order valence-electron chi connectivity index (χ1n) is 12.3. The summed E-state index contributed by atoms with van der Waals surface area (Å²) in [7, 11) is 0. The molecule has 6 rings (SSSR count). The average molecular weight is 594 g/mol. The summed E-state index contributed by atoms with van der Waals surface area (Å²) < 4.78 is 53.1. The SMILES string of the molecule is Nc1ncnn2cc(C(=O)NCC(F)(F)F)c(-c3ccc(Nc4nc5nc(Sc6cccc(F)c6)ccc5[nH]4)cc3)c12. The van der Waals surface area contributed by atoms with Crippen molar-refractivity contribution >= 4 is 51.8 Å². The van der Waals surface area contributed by atoms with Crippen LogP contribution in [0.1, 0.15) is 10.4 Å². The number of imidazole rings is 1. The first kappa shape index (κ1) is 27.0. The predicted molar refractivity (Wildman–Crippen MR) is 149 cm³/mol. The quantitative estimate of drug-likeness (QED) is 0.176. The summed E-state index contributed by atoms with van der Waals surface area (Å²) in [6, 6.07) is 16.6. The fraction of sp³-hybridized carbons (Fsp3) is 0.0741. The summed E-state index contributed by atoms with van der Waals surface area (Å²) in [6.07, 6.45) is -2.08. The highest BCUT2D eigenvalue weighted by atomic mass is 32.2. The van der Waals surface area contributed by atoms with Gasteiger partial charge in [0.25, 0.3) is 5.91 Å². The third kappa shape index (κ3) is 5.67. The largest absolute Gasteiger partial charge is 0.405 e. The van der Waals surface area contributed by atoms with Crippen molar-refractivity contribution in [3.63, 3.8) is 0 Å². The van der Waals surface area contributed by atoms with Crippen molar-refractivity contribution in [1.82, 2.24) is 34.9 Å². The molecule has 4 heterocycles. The van der Waals surface area contributed by atoms with Crippen LogP contribution in [0.3, 0.4) is 0 Å². The summed E-state index contributed by atoms with van der Waals surface area (Å²) in [5, 5.41) is 9.72. The number of hydrogen-bond acceptors (Lipinski definition) is 8. The fourth-order valence-electron chi connectivity index (χ4n) is 4.27. The van der Waals surface area contributed by atoms with Crippen LogP contribution in [0.5, 0.6) is 0 Å². The molecule has 5 N–H and O–H groups in total. The van der Waals surface area contributed by atoms with Gasteiger partial charge in [-0.1, -0.05) is 30.0 Å². The van der Waals surface area contributed by atoms with E-state index in [1.54, 1.807) is 42.5 Å². The van der Waals surface area contributed by atoms with Gasteiger partial charge in [0.15, 0.2) is 11.5 Å². The molecule has 0 spiro atoms. The van der Waals surface area contributed by atoms with Crippen LogP contribution >= 0.6 is 11.8 Å². The van der Waals surface area contributed by atoms with E-state index in [0.29, 0.717) is 38.3 Å². The molecule has 0 saturated heterocycles. The van der Waals surface area contributed by atoms with Gasteiger partial charge in [-0.25, -0.2) is 18.9 Å². The number of hydrogen-bond donors (Lipinski definition) is 4. The van der Waals surface area contributed by atoms with Crippen LogP contribution in [0.2, 0.25) is 0 Å². The maximum Gasteiger partial charge on any atom is 0.405 e. The zero-order valence-corrected chi connectivity index (χ0v) is 22.1. The first-order valence-corrected chi connectivity index (χ1v) is 13.1. The molecule has 15 heteroatoms. The van der Waals surface area contributed by atoms with Gasteiger partial charge < -0.3 is 21.4 Å². The number of carbonyl (C=O) groups is 1. The number of nitrogens with two attached hydrogens (primary N) is 1. The van der Waals surface area contributed by atoms with Crippen LogP contribution in [0.25, 0.3) is 27.8 Å². The van der Waals surface area contributed by atoms with Crippen LogP contribution < -0.4 is 16.4 Å². The summed E-state index contributed by atoms with van der Waals surface area (Å²) in [6.45, 7) is -1.49. The number of pyridine rings is 1. The second kappa shape index (κ2) is 10.7. The van der Waals surface area contributed by atoms with E-state index in [2.05, 4.69) is 30.4 Å². The Bertz CT molecular complexity index is 1940. The zero-order valence-electron chi connectivity index (χ0n) is 21.3. The molecule has 6 aromatic rings. The third-order valence-electron chi connectivity index (χ3n) is 6.07. The van der Waals surface area contributed by atoms with Crippen LogP contribution in [0, 0.1) is 5.82 Å². The Kier molecular flexibility index (Phi) is 6.86. The molecule has 0 aliphatic carbocycles. The van der Waals surface area contributed by atoms with Gasteiger partial charge in [0, 0.05) is 22.3 Å². The van der Waals surface area contributed by atoms with Crippen molar-refractivity contribution in [2.24, 2.45) is 0 Å². The van der Waals surface area contributed by atoms with Gasteiger partial charge in [-0.2, -0.15) is 23.3 Å². The smallest absolute Gasteiger partial charge is 0.382 e. The Morgan fingerprint density at radius 1 is 1.07 bits per heavy atom. The molecule has 0 fully saturated rings. The fourth-order valence-corrected chi connectivity index (χ4v) is 5.10. The number of H-pyrrole nitrogens is 1. The van der Waals surface area contributed by atoms with E-state index in [0.717, 1.165) is 0 Å². The Balaban J connectivity index is 1.25. The molecule has 42 heavy (non-hydrogen) atoms. The molecule has 1 amide bonds. The Morgan fingerprint density at radius 3 is 2.64 bits per heavy atom. The van der Waals surface area contributed by atoms with E-state index in [1.807, 2.05) is 11.4 Å². The number of rotatable bonds is 7. The number of nitrogens with zero attached hydrogens (tertiary/aromatic N) is 5. The molecule has 212 valence electrons. The molecule has 0 unspecified atom stereocenters. The number of fused-ring (bicyclic) bond motifs is 2. The average Bonchev–Trinajstić information content (AvgIpc) is 3.53. The van der Waals surface area contributed by atoms with E-state index < -0.39 is 18.6 Å². The lowest BCUT2D eigenvalue weighted by Crippen LogP contribution is -2.33. The monoisotopic (exact) mass is 593 g/mol. The van der Waals surface area contributed by atoms with E-state index in [1.165, 1.54) is 40.9 Å². The van der Waals surface area contributed by atoms with Gasteiger partial charge in [0.2, 0.25) is 5.95 Å². The van der Waals surface area contributed by atoms with Gasteiger partial charge in [0.1, 0.15) is 29.2 Å². The van der Waals surface area contributed by atoms with Crippen LogP contribution in [0.15, 0.2) is 83.1 Å². The maximum atomic E-state index is 13.5. The number of carbonyl (C=O) groups excluding carboxylic acids is 1. The summed E-state index contributed by atoms with van der Waals surface area (Å²) in [5.41, 5.74) is 8.86. The predicted octanol–water partition coefficient (Wildman–Crippen LogP) is 5.58. The minimum absolute atomic E-state index is 0.0394. The standard InChI is InChI=1S/C27H19F4N9OS/c28-15-2-1-3-17(10-15)42-20-9-8-19-24(38-20)39-26(37-19)36-16-6-4-14(5-7-16)21-18(25(41)33-12-27(29,30)31)11-40-22(21)23(32)34-13-35-40/h1-11,13H,12H2,(H,33,41)(H2,32,34,35)(H2,36,37,38,39). The molecule has 4 aromatic heterocycles. The number of anilines is 3. The van der Waals surface area contributed by atoms with Crippen LogP contribution in [-0.2, 0) is 0 Å². The minimum Gasteiger partial charge on any atom is -0.382 e. The van der Waals surface area contributed by atoms with Gasteiger partial charge in [-0.15, -0.1) is 0 Å². The topological polar surface area (TPSA) is 139 Å². The molecule has 0 aliphatic rings. The van der Waals surface area contributed by atoms with Crippen molar-refractivity contribution < 1.29 is 22.4 Å². The van der Waals surface area contributed by atoms with Crippen LogP contribution in [-0.4, -0.2) is 48.2 Å². The summed E-state index contributed by atoms with van der Waals surface area (Å²) in [5.74, 6) is -0.792. The molecular formula is C27H19F4N9OS.